The van der Waals surface area contributed by atoms with Crippen LogP contribution < -0.4 is 5.32 Å². The molecule has 0 aliphatic heterocycles. The van der Waals surface area contributed by atoms with Crippen molar-refractivity contribution in [2.75, 3.05) is 13.2 Å². The van der Waals surface area contributed by atoms with Crippen LogP contribution in [0.1, 0.15) is 49.2 Å². The van der Waals surface area contributed by atoms with Gasteiger partial charge in [0.15, 0.2) is 12.4 Å². The zero-order valence-corrected chi connectivity index (χ0v) is 16.1. The molecular formula is C18H21F6NO4. The number of nitrogens with one attached hydrogen (secondary N) is 1. The quantitative estimate of drug-likeness (QED) is 0.561. The van der Waals surface area contributed by atoms with Gasteiger partial charge in [0.2, 0.25) is 5.91 Å². The van der Waals surface area contributed by atoms with E-state index in [4.69, 9.17) is 0 Å². The number of amides is 1. The molecule has 29 heavy (non-hydrogen) atoms. The second kappa shape index (κ2) is 10.8. The van der Waals surface area contributed by atoms with Crippen LogP contribution in [0.15, 0.2) is 18.2 Å². The molecule has 0 saturated carbocycles. The Labute approximate surface area is 163 Å². The van der Waals surface area contributed by atoms with E-state index in [9.17, 15) is 40.7 Å². The number of ketones is 1. The van der Waals surface area contributed by atoms with E-state index in [2.05, 4.69) is 25.5 Å². The average molecular weight is 429 g/mol. The number of carbonyl (C=O) groups excluding carboxylic acids is 3. The first kappa shape index (κ1) is 26.4. The number of halogens is 6. The third-order valence-electron chi connectivity index (χ3n) is 2.78. The highest BCUT2D eigenvalue weighted by atomic mass is 19.4. The number of ether oxygens (including phenoxy) is 1. The molecule has 1 rings (SSSR count). The highest BCUT2D eigenvalue weighted by molar-refractivity contribution is 5.95. The lowest BCUT2D eigenvalue weighted by atomic mass is 10.00. The maximum atomic E-state index is 12.9. The molecule has 0 unspecified atom stereocenters. The molecule has 1 aromatic carbocycles. The number of benzene rings is 1. The SMILES string of the molecule is CC(=O)NCC(=O)COC(=O)c1c(C(F)(F)F)cccc1C(F)(F)F.CC(C)C. The van der Waals surface area contributed by atoms with E-state index in [1.54, 1.807) is 0 Å². The van der Waals surface area contributed by atoms with Gasteiger partial charge in [-0.3, -0.25) is 9.59 Å². The Hall–Kier alpha value is -2.59. The molecule has 11 heteroatoms. The molecule has 0 aliphatic rings. The number of rotatable bonds is 5. The van der Waals surface area contributed by atoms with Crippen LogP contribution in [0.25, 0.3) is 0 Å². The molecule has 1 aromatic rings. The Kier molecular flexibility index (Phi) is 9.85. The molecule has 0 heterocycles. The van der Waals surface area contributed by atoms with Crippen molar-refractivity contribution in [1.29, 1.82) is 0 Å². The summed E-state index contributed by atoms with van der Waals surface area (Å²) in [6.45, 7) is 5.90. The van der Waals surface area contributed by atoms with E-state index in [-0.39, 0.29) is 0 Å². The number of hydrogen-bond acceptors (Lipinski definition) is 4. The Morgan fingerprint density at radius 1 is 0.966 bits per heavy atom. The summed E-state index contributed by atoms with van der Waals surface area (Å²) in [6, 6.07) is 1.10. The Morgan fingerprint density at radius 3 is 1.72 bits per heavy atom. The monoisotopic (exact) mass is 429 g/mol. The smallest absolute Gasteiger partial charge is 0.417 e. The van der Waals surface area contributed by atoms with Crippen LogP contribution in [0.3, 0.4) is 0 Å². The minimum atomic E-state index is -5.24. The second-order valence-corrected chi connectivity index (χ2v) is 6.48. The summed E-state index contributed by atoms with van der Waals surface area (Å²) in [5.41, 5.74) is -5.39. The molecule has 0 spiro atoms. The molecule has 0 radical (unpaired) electrons. The van der Waals surface area contributed by atoms with Crippen LogP contribution >= 0.6 is 0 Å². The fourth-order valence-corrected chi connectivity index (χ4v) is 1.74. The normalized spacial score (nSPS) is 11.4. The van der Waals surface area contributed by atoms with Crippen LogP contribution in [-0.2, 0) is 26.7 Å². The van der Waals surface area contributed by atoms with E-state index in [1.807, 2.05) is 5.32 Å². The number of carbonyl (C=O) groups is 3. The van der Waals surface area contributed by atoms with E-state index in [0.717, 1.165) is 12.8 Å². The van der Waals surface area contributed by atoms with E-state index in [0.29, 0.717) is 18.2 Å². The predicted octanol–water partition coefficient (Wildman–Crippen LogP) is 4.25. The van der Waals surface area contributed by atoms with E-state index in [1.165, 1.54) is 0 Å². The molecule has 0 saturated heterocycles. The summed E-state index contributed by atoms with van der Waals surface area (Å²) in [5.74, 6) is -2.63. The lowest BCUT2D eigenvalue weighted by Crippen LogP contribution is -2.30. The van der Waals surface area contributed by atoms with Gasteiger partial charge in [0.05, 0.1) is 23.2 Å². The topological polar surface area (TPSA) is 72.5 Å². The molecule has 1 N–H and O–H groups in total. The van der Waals surface area contributed by atoms with Gasteiger partial charge in [0.25, 0.3) is 0 Å². The van der Waals surface area contributed by atoms with Gasteiger partial charge in [-0.25, -0.2) is 4.79 Å². The minimum Gasteiger partial charge on any atom is -0.454 e. The number of alkyl halides is 6. The van der Waals surface area contributed by atoms with Gasteiger partial charge in [-0.2, -0.15) is 26.3 Å². The van der Waals surface area contributed by atoms with Crippen LogP contribution in [0.5, 0.6) is 0 Å². The van der Waals surface area contributed by atoms with Gasteiger partial charge in [-0.15, -0.1) is 0 Å². The first-order chi connectivity index (χ1) is 13.1. The molecule has 0 atom stereocenters. The lowest BCUT2D eigenvalue weighted by Gasteiger charge is -2.17. The Bertz CT molecular complexity index is 691. The Morgan fingerprint density at radius 2 is 1.38 bits per heavy atom. The summed E-state index contributed by atoms with van der Waals surface area (Å²) >= 11 is 0. The van der Waals surface area contributed by atoms with Crippen LogP contribution in [0.2, 0.25) is 0 Å². The summed E-state index contributed by atoms with van der Waals surface area (Å²) in [5, 5.41) is 2.04. The number of esters is 1. The lowest BCUT2D eigenvalue weighted by molar-refractivity contribution is -0.144. The van der Waals surface area contributed by atoms with Crippen LogP contribution in [-0.4, -0.2) is 30.8 Å². The average Bonchev–Trinajstić information content (AvgIpc) is 2.55. The molecule has 0 bridgehead atoms. The third kappa shape index (κ3) is 9.95. The highest BCUT2D eigenvalue weighted by Crippen LogP contribution is 2.39. The number of Topliss-reactive ketones (excluding diaryl/α,β-unsaturated/α-hetero) is 1. The maximum absolute atomic E-state index is 12.9. The van der Waals surface area contributed by atoms with Crippen molar-refractivity contribution in [3.05, 3.63) is 34.9 Å². The van der Waals surface area contributed by atoms with Crippen molar-refractivity contribution in [2.24, 2.45) is 5.92 Å². The molecule has 0 aromatic heterocycles. The van der Waals surface area contributed by atoms with Gasteiger partial charge in [-0.1, -0.05) is 26.8 Å². The molecule has 164 valence electrons. The summed E-state index contributed by atoms with van der Waals surface area (Å²) in [7, 11) is 0. The van der Waals surface area contributed by atoms with E-state index < -0.39 is 59.9 Å². The van der Waals surface area contributed by atoms with Crippen molar-refractivity contribution in [3.8, 4) is 0 Å². The number of hydrogen-bond donors (Lipinski definition) is 1. The van der Waals surface area contributed by atoms with Gasteiger partial charge in [0.1, 0.15) is 0 Å². The van der Waals surface area contributed by atoms with Crippen molar-refractivity contribution >= 4 is 17.7 Å². The van der Waals surface area contributed by atoms with Gasteiger partial charge in [-0.05, 0) is 18.1 Å². The van der Waals surface area contributed by atoms with Crippen molar-refractivity contribution < 1.29 is 45.5 Å². The summed E-state index contributed by atoms with van der Waals surface area (Å²) in [6.07, 6.45) is -10.5. The van der Waals surface area contributed by atoms with Crippen molar-refractivity contribution in [2.45, 2.75) is 40.0 Å². The molecule has 0 aliphatic carbocycles. The summed E-state index contributed by atoms with van der Waals surface area (Å²) in [4.78, 5) is 33.7. The van der Waals surface area contributed by atoms with Crippen molar-refractivity contribution in [1.82, 2.24) is 5.32 Å². The fourth-order valence-electron chi connectivity index (χ4n) is 1.74. The predicted molar refractivity (Wildman–Crippen MR) is 90.9 cm³/mol. The van der Waals surface area contributed by atoms with Crippen LogP contribution in [0.4, 0.5) is 26.3 Å². The molecular weight excluding hydrogens is 408 g/mol. The summed E-state index contributed by atoms with van der Waals surface area (Å²) < 4.78 is 81.6. The fraction of sp³-hybridized carbons (Fsp3) is 0.500. The zero-order chi connectivity index (χ0) is 23.0. The third-order valence-corrected chi connectivity index (χ3v) is 2.78. The van der Waals surface area contributed by atoms with Gasteiger partial charge < -0.3 is 10.1 Å². The molecule has 5 nitrogen and oxygen atoms in total. The van der Waals surface area contributed by atoms with Crippen LogP contribution in [0, 0.1) is 5.92 Å². The second-order valence-electron chi connectivity index (χ2n) is 6.48. The first-order valence-electron chi connectivity index (χ1n) is 8.28. The van der Waals surface area contributed by atoms with Gasteiger partial charge >= 0.3 is 18.3 Å². The van der Waals surface area contributed by atoms with Gasteiger partial charge in [0, 0.05) is 6.92 Å². The Balaban J connectivity index is 0.00000178. The first-order valence-corrected chi connectivity index (χ1v) is 8.28. The molecule has 1 amide bonds. The van der Waals surface area contributed by atoms with Crippen molar-refractivity contribution in [3.63, 3.8) is 0 Å². The zero-order valence-electron chi connectivity index (χ0n) is 16.1. The van der Waals surface area contributed by atoms with E-state index >= 15 is 0 Å². The molecule has 0 fully saturated rings. The highest BCUT2D eigenvalue weighted by Gasteiger charge is 2.43. The maximum Gasteiger partial charge on any atom is 0.417 e. The largest absolute Gasteiger partial charge is 0.454 e. The minimum absolute atomic E-state index is 0.297. The standard InChI is InChI=1S/C14H11F6NO4.C4H10/c1-7(22)21-5-8(23)6-25-12(24)11-9(13(15,16)17)3-2-4-10(11)14(18,19)20;1-4(2)3/h2-4H,5-6H2,1H3,(H,21,22);4H,1-3H3.